The van der Waals surface area contributed by atoms with Crippen molar-refractivity contribution in [1.82, 2.24) is 25.1 Å². The molecule has 0 saturated heterocycles. The summed E-state index contributed by atoms with van der Waals surface area (Å²) in [6.07, 6.45) is 3.57. The van der Waals surface area contributed by atoms with Crippen LogP contribution in [0.25, 0.3) is 0 Å². The molecule has 114 valence electrons. The van der Waals surface area contributed by atoms with Crippen molar-refractivity contribution in [3.05, 3.63) is 18.2 Å². The first kappa shape index (κ1) is 15.8. The van der Waals surface area contributed by atoms with Crippen LogP contribution in [0.3, 0.4) is 0 Å². The number of nitrogens with zero attached hydrogens (tertiary/aromatic N) is 4. The number of hydrogen-bond donors (Lipinski definition) is 2. The summed E-state index contributed by atoms with van der Waals surface area (Å²) in [5.41, 5.74) is 6.49. The van der Waals surface area contributed by atoms with Gasteiger partial charge in [-0.1, -0.05) is 36.9 Å². The Bertz CT molecular complexity index is 594. The van der Waals surface area contributed by atoms with Crippen molar-refractivity contribution in [1.29, 1.82) is 0 Å². The molecule has 0 radical (unpaired) electrons. The van der Waals surface area contributed by atoms with Crippen molar-refractivity contribution < 1.29 is 4.79 Å². The molecule has 1 amide bonds. The lowest BCUT2D eigenvalue weighted by molar-refractivity contribution is -0.118. The molecule has 2 aromatic rings. The first-order valence-corrected chi connectivity index (χ1v) is 8.32. The number of nitrogens with one attached hydrogen (secondary N) is 1. The van der Waals surface area contributed by atoms with Crippen LogP contribution in [-0.2, 0) is 17.9 Å². The van der Waals surface area contributed by atoms with Crippen LogP contribution in [0.15, 0.2) is 16.9 Å². The largest absolute Gasteiger partial charge is 0.374 e. The Kier molecular flexibility index (Phi) is 5.57. The Morgan fingerprint density at radius 1 is 1.52 bits per heavy atom. The third-order valence-corrected chi connectivity index (χ3v) is 4.46. The fourth-order valence-electron chi connectivity index (χ4n) is 1.70. The number of imidazole rings is 1. The molecular weight excluding hydrogens is 308 g/mol. The molecule has 0 bridgehead atoms. The smallest absolute Gasteiger partial charge is 0.230 e. The summed E-state index contributed by atoms with van der Waals surface area (Å²) in [6.45, 7) is 5.66. The lowest BCUT2D eigenvalue weighted by Gasteiger charge is -2.11. The van der Waals surface area contributed by atoms with E-state index >= 15 is 0 Å². The van der Waals surface area contributed by atoms with Gasteiger partial charge < -0.3 is 15.6 Å². The monoisotopic (exact) mass is 326 g/mol. The van der Waals surface area contributed by atoms with Crippen molar-refractivity contribution in [3.63, 3.8) is 0 Å². The Morgan fingerprint density at radius 2 is 2.33 bits per heavy atom. The SMILES string of the molecule is CC(C)Cn1cncc1CNC(=O)CSc1nnc(N)s1. The van der Waals surface area contributed by atoms with Crippen LogP contribution >= 0.6 is 23.1 Å². The van der Waals surface area contributed by atoms with Gasteiger partial charge in [0, 0.05) is 12.7 Å². The highest BCUT2D eigenvalue weighted by atomic mass is 32.2. The van der Waals surface area contributed by atoms with E-state index in [0.717, 1.165) is 12.2 Å². The first-order valence-electron chi connectivity index (χ1n) is 6.52. The molecule has 2 heterocycles. The maximum absolute atomic E-state index is 11.8. The number of hydrogen-bond acceptors (Lipinski definition) is 7. The fraction of sp³-hybridized carbons (Fsp3) is 0.500. The molecule has 2 aromatic heterocycles. The molecule has 0 atom stereocenters. The Balaban J connectivity index is 1.77. The van der Waals surface area contributed by atoms with E-state index in [9.17, 15) is 4.79 Å². The van der Waals surface area contributed by atoms with Crippen molar-refractivity contribution in [2.75, 3.05) is 11.5 Å². The fourth-order valence-corrected chi connectivity index (χ4v) is 3.17. The van der Waals surface area contributed by atoms with E-state index in [-0.39, 0.29) is 5.91 Å². The Labute approximate surface area is 131 Å². The second kappa shape index (κ2) is 7.41. The summed E-state index contributed by atoms with van der Waals surface area (Å²) in [7, 11) is 0. The van der Waals surface area contributed by atoms with E-state index in [4.69, 9.17) is 5.73 Å². The minimum Gasteiger partial charge on any atom is -0.374 e. The summed E-state index contributed by atoms with van der Waals surface area (Å²) in [6, 6.07) is 0. The molecule has 0 aliphatic heterocycles. The van der Waals surface area contributed by atoms with E-state index in [2.05, 4.69) is 38.9 Å². The maximum Gasteiger partial charge on any atom is 0.230 e. The molecule has 21 heavy (non-hydrogen) atoms. The third kappa shape index (κ3) is 5.01. The van der Waals surface area contributed by atoms with Crippen molar-refractivity contribution >= 4 is 34.1 Å². The lowest BCUT2D eigenvalue weighted by atomic mass is 10.2. The summed E-state index contributed by atoms with van der Waals surface area (Å²) in [4.78, 5) is 15.9. The van der Waals surface area contributed by atoms with Crippen molar-refractivity contribution in [3.8, 4) is 0 Å². The molecular formula is C12H18N6OS2. The summed E-state index contributed by atoms with van der Waals surface area (Å²) < 4.78 is 2.76. The van der Waals surface area contributed by atoms with Gasteiger partial charge in [-0.15, -0.1) is 10.2 Å². The van der Waals surface area contributed by atoms with Crippen LogP contribution in [0.1, 0.15) is 19.5 Å². The number of aromatic nitrogens is 4. The van der Waals surface area contributed by atoms with Crippen LogP contribution in [0, 0.1) is 5.92 Å². The number of anilines is 1. The zero-order chi connectivity index (χ0) is 15.2. The van der Waals surface area contributed by atoms with E-state index in [1.807, 2.05) is 0 Å². The highest BCUT2D eigenvalue weighted by Gasteiger charge is 2.09. The number of carbonyl (C=O) groups is 1. The average Bonchev–Trinajstić information content (AvgIpc) is 3.02. The zero-order valence-electron chi connectivity index (χ0n) is 11.9. The van der Waals surface area contributed by atoms with Crippen LogP contribution in [0.5, 0.6) is 0 Å². The first-order chi connectivity index (χ1) is 10.0. The Morgan fingerprint density at radius 3 is 3.00 bits per heavy atom. The molecule has 9 heteroatoms. The van der Waals surface area contributed by atoms with Gasteiger partial charge in [0.1, 0.15) is 0 Å². The van der Waals surface area contributed by atoms with Gasteiger partial charge in [-0.25, -0.2) is 4.98 Å². The van der Waals surface area contributed by atoms with E-state index in [1.54, 1.807) is 12.5 Å². The van der Waals surface area contributed by atoms with Crippen LogP contribution in [0.4, 0.5) is 5.13 Å². The van der Waals surface area contributed by atoms with Gasteiger partial charge >= 0.3 is 0 Å². The molecule has 0 aliphatic rings. The van der Waals surface area contributed by atoms with Crippen molar-refractivity contribution in [2.24, 2.45) is 5.92 Å². The van der Waals surface area contributed by atoms with Gasteiger partial charge in [-0.3, -0.25) is 4.79 Å². The van der Waals surface area contributed by atoms with Gasteiger partial charge in [-0.05, 0) is 5.92 Å². The summed E-state index contributed by atoms with van der Waals surface area (Å²) in [5, 5.41) is 10.9. The van der Waals surface area contributed by atoms with E-state index in [0.29, 0.717) is 27.7 Å². The van der Waals surface area contributed by atoms with Gasteiger partial charge in [0.25, 0.3) is 0 Å². The summed E-state index contributed by atoms with van der Waals surface area (Å²) >= 11 is 2.61. The van der Waals surface area contributed by atoms with Gasteiger partial charge in [0.2, 0.25) is 11.0 Å². The predicted octanol–water partition coefficient (Wildman–Crippen LogP) is 1.38. The predicted molar refractivity (Wildman–Crippen MR) is 84.0 cm³/mol. The number of nitrogen functional groups attached to an aromatic ring is 1. The molecule has 0 aliphatic carbocycles. The second-order valence-corrected chi connectivity index (χ2v) is 7.13. The summed E-state index contributed by atoms with van der Waals surface area (Å²) in [5.74, 6) is 0.783. The standard InChI is InChI=1S/C12H18N6OS2/c1-8(2)5-18-7-14-3-9(18)4-15-10(19)6-20-12-17-16-11(13)21-12/h3,7-8H,4-6H2,1-2H3,(H2,13,16)(H,15,19). The lowest BCUT2D eigenvalue weighted by Crippen LogP contribution is -2.26. The molecule has 3 N–H and O–H groups in total. The molecule has 0 spiro atoms. The quantitative estimate of drug-likeness (QED) is 0.746. The zero-order valence-corrected chi connectivity index (χ0v) is 13.6. The molecule has 0 fully saturated rings. The normalized spacial score (nSPS) is 11.0. The maximum atomic E-state index is 11.8. The van der Waals surface area contributed by atoms with Crippen LogP contribution < -0.4 is 11.1 Å². The second-order valence-electron chi connectivity index (χ2n) is 4.90. The molecule has 0 aromatic carbocycles. The number of amides is 1. The minimum atomic E-state index is -0.0499. The van der Waals surface area contributed by atoms with Crippen LogP contribution in [-0.4, -0.2) is 31.4 Å². The topological polar surface area (TPSA) is 98.7 Å². The van der Waals surface area contributed by atoms with Gasteiger partial charge in [0.05, 0.1) is 24.3 Å². The van der Waals surface area contributed by atoms with Crippen LogP contribution in [0.2, 0.25) is 0 Å². The Hall–Kier alpha value is -1.61. The van der Waals surface area contributed by atoms with E-state index < -0.39 is 0 Å². The molecule has 2 rings (SSSR count). The average molecular weight is 326 g/mol. The highest BCUT2D eigenvalue weighted by molar-refractivity contribution is 8.01. The van der Waals surface area contributed by atoms with Gasteiger partial charge in [-0.2, -0.15) is 0 Å². The minimum absolute atomic E-state index is 0.0499. The van der Waals surface area contributed by atoms with Gasteiger partial charge in [0.15, 0.2) is 4.34 Å². The highest BCUT2D eigenvalue weighted by Crippen LogP contribution is 2.22. The van der Waals surface area contributed by atoms with Crippen molar-refractivity contribution in [2.45, 2.75) is 31.3 Å². The molecule has 0 unspecified atom stereocenters. The van der Waals surface area contributed by atoms with E-state index in [1.165, 1.54) is 23.1 Å². The number of nitrogens with two attached hydrogens (primary N) is 1. The third-order valence-electron chi connectivity index (χ3n) is 2.58. The molecule has 0 saturated carbocycles. The molecule has 7 nitrogen and oxygen atoms in total. The number of carbonyl (C=O) groups excluding carboxylic acids is 1. The number of rotatable bonds is 7. The number of thioether (sulfide) groups is 1.